The summed E-state index contributed by atoms with van der Waals surface area (Å²) in [4.78, 5) is 18.0. The lowest BCUT2D eigenvalue weighted by Gasteiger charge is -2.07. The van der Waals surface area contributed by atoms with Gasteiger partial charge >= 0.3 is 0 Å². The number of para-hydroxylation sites is 1. The Kier molecular flexibility index (Phi) is 3.09. The van der Waals surface area contributed by atoms with E-state index in [1.165, 1.54) is 6.07 Å². The van der Waals surface area contributed by atoms with E-state index in [1.807, 2.05) is 24.3 Å². The summed E-state index contributed by atoms with van der Waals surface area (Å²) in [6.45, 7) is 0. The molecule has 0 amide bonds. The van der Waals surface area contributed by atoms with Gasteiger partial charge in [-0.2, -0.15) is 0 Å². The normalized spacial score (nSPS) is 10.2. The average molecular weight is 231 g/mol. The minimum absolute atomic E-state index is 0.221. The predicted molar refractivity (Wildman–Crippen MR) is 65.1 cm³/mol. The van der Waals surface area contributed by atoms with Crippen molar-refractivity contribution >= 4 is 5.82 Å². The van der Waals surface area contributed by atoms with E-state index in [0.29, 0.717) is 12.2 Å². The second-order valence-corrected chi connectivity index (χ2v) is 3.61. The smallest absolute Gasteiger partial charge is 0.252 e. The number of methoxy groups -OCH3 is 1. The van der Waals surface area contributed by atoms with Gasteiger partial charge in [-0.15, -0.1) is 0 Å². The Bertz CT molecular complexity index is 578. The molecule has 5 heteroatoms. The van der Waals surface area contributed by atoms with Crippen molar-refractivity contribution < 1.29 is 4.74 Å². The molecule has 0 radical (unpaired) electrons. The molecular weight excluding hydrogens is 218 g/mol. The lowest BCUT2D eigenvalue weighted by molar-refractivity contribution is 0.410. The highest BCUT2D eigenvalue weighted by Crippen LogP contribution is 2.19. The number of nitrogens with one attached hydrogen (secondary N) is 1. The summed E-state index contributed by atoms with van der Waals surface area (Å²) in [6, 6.07) is 8.83. The van der Waals surface area contributed by atoms with Crippen LogP contribution in [0.5, 0.6) is 5.75 Å². The molecule has 88 valence electrons. The van der Waals surface area contributed by atoms with Crippen LogP contribution < -0.4 is 16.0 Å². The summed E-state index contributed by atoms with van der Waals surface area (Å²) < 4.78 is 5.23. The molecule has 0 saturated carbocycles. The number of anilines is 1. The van der Waals surface area contributed by atoms with Gasteiger partial charge in [0, 0.05) is 18.1 Å². The van der Waals surface area contributed by atoms with E-state index in [-0.39, 0.29) is 11.4 Å². The molecule has 1 aromatic carbocycles. The number of hydrogen-bond donors (Lipinski definition) is 2. The summed E-state index contributed by atoms with van der Waals surface area (Å²) in [5.41, 5.74) is 6.22. The first-order valence-corrected chi connectivity index (χ1v) is 5.16. The average Bonchev–Trinajstić information content (AvgIpc) is 2.28. The number of H-pyrrole nitrogens is 1. The molecule has 2 rings (SSSR count). The third-order valence-corrected chi connectivity index (χ3v) is 2.36. The topological polar surface area (TPSA) is 81.0 Å². The molecule has 1 heterocycles. The Morgan fingerprint density at radius 1 is 1.41 bits per heavy atom. The van der Waals surface area contributed by atoms with Crippen molar-refractivity contribution in [1.29, 1.82) is 0 Å². The van der Waals surface area contributed by atoms with Gasteiger partial charge in [-0.25, -0.2) is 4.98 Å². The van der Waals surface area contributed by atoms with Crippen LogP contribution in [0.1, 0.15) is 11.4 Å². The van der Waals surface area contributed by atoms with E-state index in [1.54, 1.807) is 7.11 Å². The zero-order valence-corrected chi connectivity index (χ0v) is 9.43. The quantitative estimate of drug-likeness (QED) is 0.824. The number of benzene rings is 1. The highest BCUT2D eigenvalue weighted by molar-refractivity contribution is 5.36. The zero-order chi connectivity index (χ0) is 12.3. The van der Waals surface area contributed by atoms with Crippen LogP contribution >= 0.6 is 0 Å². The fourth-order valence-corrected chi connectivity index (χ4v) is 1.64. The van der Waals surface area contributed by atoms with Crippen molar-refractivity contribution in [3.63, 3.8) is 0 Å². The highest BCUT2D eigenvalue weighted by Gasteiger charge is 2.05. The molecule has 0 spiro atoms. The van der Waals surface area contributed by atoms with Crippen molar-refractivity contribution in [2.75, 3.05) is 12.8 Å². The lowest BCUT2D eigenvalue weighted by atomic mass is 10.1. The van der Waals surface area contributed by atoms with Gasteiger partial charge in [-0.3, -0.25) is 4.79 Å². The Morgan fingerprint density at radius 2 is 2.18 bits per heavy atom. The standard InChI is InChI=1S/C12H13N3O2/c1-17-9-5-3-2-4-8(9)6-11-14-10(13)7-12(16)15-11/h2-5,7H,6H2,1H3,(H3,13,14,15,16). The first-order valence-electron chi connectivity index (χ1n) is 5.16. The fourth-order valence-electron chi connectivity index (χ4n) is 1.64. The number of aromatic amines is 1. The van der Waals surface area contributed by atoms with Crippen LogP contribution in [0, 0.1) is 0 Å². The van der Waals surface area contributed by atoms with Crippen molar-refractivity contribution in [3.05, 3.63) is 52.1 Å². The molecule has 0 bridgehead atoms. The van der Waals surface area contributed by atoms with E-state index in [4.69, 9.17) is 10.5 Å². The summed E-state index contributed by atoms with van der Waals surface area (Å²) in [5, 5.41) is 0. The summed E-state index contributed by atoms with van der Waals surface area (Å²) in [5.74, 6) is 1.51. The number of nitrogens with two attached hydrogens (primary N) is 1. The maximum Gasteiger partial charge on any atom is 0.252 e. The largest absolute Gasteiger partial charge is 0.496 e. The first kappa shape index (κ1) is 11.2. The minimum Gasteiger partial charge on any atom is -0.496 e. The first-order chi connectivity index (χ1) is 8.19. The van der Waals surface area contributed by atoms with Gasteiger partial charge < -0.3 is 15.5 Å². The molecule has 0 saturated heterocycles. The Balaban J connectivity index is 2.34. The SMILES string of the molecule is COc1ccccc1Cc1nc(N)cc(=O)[nH]1. The molecule has 17 heavy (non-hydrogen) atoms. The third-order valence-electron chi connectivity index (χ3n) is 2.36. The number of nitrogen functional groups attached to an aromatic ring is 1. The van der Waals surface area contributed by atoms with Crippen LogP contribution in [-0.4, -0.2) is 17.1 Å². The number of hydrogen-bond acceptors (Lipinski definition) is 4. The van der Waals surface area contributed by atoms with E-state index in [2.05, 4.69) is 9.97 Å². The lowest BCUT2D eigenvalue weighted by Crippen LogP contribution is -2.12. The van der Waals surface area contributed by atoms with Gasteiger partial charge in [0.2, 0.25) is 0 Å². The maximum atomic E-state index is 11.2. The third kappa shape index (κ3) is 2.63. The zero-order valence-electron chi connectivity index (χ0n) is 9.43. The highest BCUT2D eigenvalue weighted by atomic mass is 16.5. The Hall–Kier alpha value is -2.30. The van der Waals surface area contributed by atoms with Crippen LogP contribution in [0.3, 0.4) is 0 Å². The van der Waals surface area contributed by atoms with Crippen LogP contribution in [0.4, 0.5) is 5.82 Å². The Labute approximate surface area is 98.3 Å². The van der Waals surface area contributed by atoms with Gasteiger partial charge in [-0.05, 0) is 6.07 Å². The van der Waals surface area contributed by atoms with Crippen LogP contribution in [0.2, 0.25) is 0 Å². The van der Waals surface area contributed by atoms with Gasteiger partial charge in [0.15, 0.2) is 0 Å². The molecule has 3 N–H and O–H groups in total. The molecule has 0 aliphatic carbocycles. The predicted octanol–water partition coefficient (Wildman–Crippen LogP) is 0.952. The summed E-state index contributed by atoms with van der Waals surface area (Å²) in [6.07, 6.45) is 0.476. The van der Waals surface area contributed by atoms with Crippen molar-refractivity contribution in [2.24, 2.45) is 0 Å². The molecule has 0 aliphatic rings. The van der Waals surface area contributed by atoms with Gasteiger partial charge in [0.05, 0.1) is 7.11 Å². The van der Waals surface area contributed by atoms with Gasteiger partial charge in [-0.1, -0.05) is 18.2 Å². The van der Waals surface area contributed by atoms with E-state index in [9.17, 15) is 4.79 Å². The van der Waals surface area contributed by atoms with Crippen LogP contribution in [0.15, 0.2) is 35.1 Å². The van der Waals surface area contributed by atoms with E-state index in [0.717, 1.165) is 11.3 Å². The van der Waals surface area contributed by atoms with E-state index >= 15 is 0 Å². The molecule has 0 unspecified atom stereocenters. The summed E-state index contributed by atoms with van der Waals surface area (Å²) in [7, 11) is 1.61. The van der Waals surface area contributed by atoms with Crippen molar-refractivity contribution in [1.82, 2.24) is 9.97 Å². The summed E-state index contributed by atoms with van der Waals surface area (Å²) >= 11 is 0. The van der Waals surface area contributed by atoms with E-state index < -0.39 is 0 Å². The molecule has 0 fully saturated rings. The van der Waals surface area contributed by atoms with Crippen molar-refractivity contribution in [2.45, 2.75) is 6.42 Å². The number of nitrogens with zero attached hydrogens (tertiary/aromatic N) is 1. The number of aromatic nitrogens is 2. The maximum absolute atomic E-state index is 11.2. The minimum atomic E-state index is -0.248. The number of ether oxygens (including phenoxy) is 1. The molecule has 1 aromatic heterocycles. The van der Waals surface area contributed by atoms with Crippen molar-refractivity contribution in [3.8, 4) is 5.75 Å². The van der Waals surface area contributed by atoms with Gasteiger partial charge in [0.1, 0.15) is 17.4 Å². The second-order valence-electron chi connectivity index (χ2n) is 3.61. The molecule has 2 aromatic rings. The molecule has 0 atom stereocenters. The van der Waals surface area contributed by atoms with Crippen LogP contribution in [0.25, 0.3) is 0 Å². The second kappa shape index (κ2) is 4.69. The fraction of sp³-hybridized carbons (Fsp3) is 0.167. The van der Waals surface area contributed by atoms with Gasteiger partial charge in [0.25, 0.3) is 5.56 Å². The van der Waals surface area contributed by atoms with Crippen LogP contribution in [-0.2, 0) is 6.42 Å². The molecule has 5 nitrogen and oxygen atoms in total. The number of rotatable bonds is 3. The monoisotopic (exact) mass is 231 g/mol. The molecule has 0 aliphatic heterocycles. The Morgan fingerprint density at radius 3 is 2.88 bits per heavy atom. The molecular formula is C12H13N3O2.